The Kier molecular flexibility index (Phi) is 4.25. The van der Waals surface area contributed by atoms with Crippen LogP contribution in [0, 0.1) is 23.7 Å². The van der Waals surface area contributed by atoms with Gasteiger partial charge in [-0.1, -0.05) is 61.9 Å². The SMILES string of the molecule is Cc1ccc(Cn2cc(CNC34CC5C[C@@](C)(C3)C[C@](C)(C5)C4)c3ccccc32)cc1. The summed E-state index contributed by atoms with van der Waals surface area (Å²) in [5.41, 5.74) is 6.96. The Morgan fingerprint density at radius 1 is 0.903 bits per heavy atom. The van der Waals surface area contributed by atoms with Crippen LogP contribution in [0.5, 0.6) is 0 Å². The first-order valence-corrected chi connectivity index (χ1v) is 12.2. The molecule has 4 aliphatic carbocycles. The third kappa shape index (κ3) is 3.44. The highest BCUT2D eigenvalue weighted by atomic mass is 15.0. The fourth-order valence-corrected chi connectivity index (χ4v) is 8.41. The summed E-state index contributed by atoms with van der Waals surface area (Å²) < 4.78 is 2.44. The molecule has 4 aliphatic rings. The zero-order chi connectivity index (χ0) is 21.3. The first-order valence-electron chi connectivity index (χ1n) is 12.2. The summed E-state index contributed by atoms with van der Waals surface area (Å²) in [6.07, 6.45) is 10.9. The first kappa shape index (κ1) is 19.6. The predicted octanol–water partition coefficient (Wildman–Crippen LogP) is 6.84. The monoisotopic (exact) mass is 412 g/mol. The van der Waals surface area contributed by atoms with Crippen molar-refractivity contribution in [2.75, 3.05) is 0 Å². The van der Waals surface area contributed by atoms with E-state index in [9.17, 15) is 0 Å². The number of hydrogen-bond donors (Lipinski definition) is 1. The summed E-state index contributed by atoms with van der Waals surface area (Å²) in [5, 5.41) is 5.56. The highest BCUT2D eigenvalue weighted by Crippen LogP contribution is 2.66. The molecule has 2 unspecified atom stereocenters. The molecular weight excluding hydrogens is 376 g/mol. The zero-order valence-electron chi connectivity index (χ0n) is 19.4. The van der Waals surface area contributed by atoms with E-state index in [1.165, 1.54) is 66.1 Å². The van der Waals surface area contributed by atoms with E-state index < -0.39 is 0 Å². The van der Waals surface area contributed by atoms with Gasteiger partial charge in [-0.2, -0.15) is 0 Å². The summed E-state index contributed by atoms with van der Waals surface area (Å²) in [4.78, 5) is 0. The van der Waals surface area contributed by atoms with Crippen molar-refractivity contribution in [3.8, 4) is 0 Å². The minimum absolute atomic E-state index is 0.350. The van der Waals surface area contributed by atoms with Gasteiger partial charge in [0, 0.05) is 35.7 Å². The molecule has 7 rings (SSSR count). The quantitative estimate of drug-likeness (QED) is 0.485. The van der Waals surface area contributed by atoms with Gasteiger partial charge in [-0.05, 0) is 79.4 Å². The number of aryl methyl sites for hydroxylation is 1. The van der Waals surface area contributed by atoms with E-state index in [4.69, 9.17) is 0 Å². The summed E-state index contributed by atoms with van der Waals surface area (Å²) in [7, 11) is 0. The molecule has 2 heteroatoms. The zero-order valence-corrected chi connectivity index (χ0v) is 19.4. The van der Waals surface area contributed by atoms with Crippen LogP contribution in [0.1, 0.15) is 69.1 Å². The molecule has 2 nitrogen and oxygen atoms in total. The van der Waals surface area contributed by atoms with Gasteiger partial charge in [-0.15, -0.1) is 0 Å². The lowest BCUT2D eigenvalue weighted by Gasteiger charge is -2.65. The minimum Gasteiger partial charge on any atom is -0.343 e. The van der Waals surface area contributed by atoms with Gasteiger partial charge in [0.05, 0.1) is 0 Å². The highest BCUT2D eigenvalue weighted by molar-refractivity contribution is 5.84. The van der Waals surface area contributed by atoms with Crippen LogP contribution in [-0.2, 0) is 13.1 Å². The number of aromatic nitrogens is 1. The van der Waals surface area contributed by atoms with E-state index in [0.29, 0.717) is 16.4 Å². The van der Waals surface area contributed by atoms with Gasteiger partial charge in [0.15, 0.2) is 0 Å². The Hall–Kier alpha value is -2.06. The Balaban J connectivity index is 1.28. The molecule has 4 bridgehead atoms. The molecule has 1 heterocycles. The minimum atomic E-state index is 0.350. The Morgan fingerprint density at radius 2 is 1.61 bits per heavy atom. The Bertz CT molecular complexity index is 1100. The second-order valence-corrected chi connectivity index (χ2v) is 12.0. The molecule has 4 fully saturated rings. The van der Waals surface area contributed by atoms with E-state index in [2.05, 4.69) is 85.4 Å². The number of benzene rings is 2. The molecule has 1 aromatic heterocycles. The van der Waals surface area contributed by atoms with Gasteiger partial charge in [-0.25, -0.2) is 0 Å². The molecule has 4 saturated carbocycles. The van der Waals surface area contributed by atoms with Crippen molar-refractivity contribution in [3.05, 3.63) is 71.4 Å². The predicted molar refractivity (Wildman–Crippen MR) is 129 cm³/mol. The van der Waals surface area contributed by atoms with E-state index in [0.717, 1.165) is 19.0 Å². The summed E-state index contributed by atoms with van der Waals surface area (Å²) >= 11 is 0. The maximum atomic E-state index is 4.16. The fourth-order valence-electron chi connectivity index (χ4n) is 8.41. The molecule has 162 valence electrons. The van der Waals surface area contributed by atoms with Gasteiger partial charge < -0.3 is 9.88 Å². The van der Waals surface area contributed by atoms with E-state index >= 15 is 0 Å². The molecule has 0 aliphatic heterocycles. The number of rotatable bonds is 5. The van der Waals surface area contributed by atoms with Crippen molar-refractivity contribution in [2.45, 2.75) is 77.9 Å². The molecule has 4 atom stereocenters. The number of hydrogen-bond acceptors (Lipinski definition) is 1. The van der Waals surface area contributed by atoms with Gasteiger partial charge in [0.2, 0.25) is 0 Å². The second kappa shape index (κ2) is 6.72. The van der Waals surface area contributed by atoms with Crippen LogP contribution in [0.4, 0.5) is 0 Å². The molecule has 0 spiro atoms. The van der Waals surface area contributed by atoms with Gasteiger partial charge in [0.25, 0.3) is 0 Å². The van der Waals surface area contributed by atoms with Gasteiger partial charge in [0.1, 0.15) is 0 Å². The molecular formula is C29H36N2. The number of fused-ring (bicyclic) bond motifs is 1. The average molecular weight is 413 g/mol. The number of nitrogens with one attached hydrogen (secondary N) is 1. The van der Waals surface area contributed by atoms with Crippen molar-refractivity contribution in [3.63, 3.8) is 0 Å². The second-order valence-electron chi connectivity index (χ2n) is 12.0. The van der Waals surface area contributed by atoms with Gasteiger partial charge in [-0.3, -0.25) is 0 Å². The van der Waals surface area contributed by atoms with Crippen LogP contribution in [0.15, 0.2) is 54.7 Å². The molecule has 0 radical (unpaired) electrons. The van der Waals surface area contributed by atoms with Crippen molar-refractivity contribution in [1.29, 1.82) is 0 Å². The maximum Gasteiger partial charge on any atom is 0.0486 e. The fraction of sp³-hybridized carbons (Fsp3) is 0.517. The lowest BCUT2D eigenvalue weighted by Crippen LogP contribution is -2.63. The third-order valence-corrected chi connectivity index (χ3v) is 8.62. The highest BCUT2D eigenvalue weighted by Gasteiger charge is 2.59. The largest absolute Gasteiger partial charge is 0.343 e. The smallest absolute Gasteiger partial charge is 0.0486 e. The summed E-state index contributed by atoms with van der Waals surface area (Å²) in [6, 6.07) is 17.9. The molecule has 31 heavy (non-hydrogen) atoms. The third-order valence-electron chi connectivity index (χ3n) is 8.62. The maximum absolute atomic E-state index is 4.16. The summed E-state index contributed by atoms with van der Waals surface area (Å²) in [5.74, 6) is 0.932. The van der Waals surface area contributed by atoms with E-state index in [1.807, 2.05) is 0 Å². The number of nitrogens with zero attached hydrogens (tertiary/aromatic N) is 1. The molecule has 2 aromatic carbocycles. The van der Waals surface area contributed by atoms with Crippen LogP contribution in [-0.4, -0.2) is 10.1 Å². The lowest BCUT2D eigenvalue weighted by molar-refractivity contribution is -0.118. The Morgan fingerprint density at radius 3 is 2.32 bits per heavy atom. The van der Waals surface area contributed by atoms with Crippen molar-refractivity contribution >= 4 is 10.9 Å². The van der Waals surface area contributed by atoms with Crippen LogP contribution < -0.4 is 5.32 Å². The van der Waals surface area contributed by atoms with Crippen molar-refractivity contribution in [2.24, 2.45) is 16.7 Å². The topological polar surface area (TPSA) is 17.0 Å². The van der Waals surface area contributed by atoms with E-state index in [-0.39, 0.29) is 0 Å². The lowest BCUT2D eigenvalue weighted by atomic mass is 9.43. The molecule has 1 N–H and O–H groups in total. The molecule has 0 amide bonds. The molecule has 0 saturated heterocycles. The normalized spacial score (nSPS) is 34.0. The average Bonchev–Trinajstić information content (AvgIpc) is 3.03. The van der Waals surface area contributed by atoms with Crippen LogP contribution in [0.2, 0.25) is 0 Å². The van der Waals surface area contributed by atoms with Crippen LogP contribution >= 0.6 is 0 Å². The number of para-hydroxylation sites is 1. The van der Waals surface area contributed by atoms with E-state index in [1.54, 1.807) is 0 Å². The standard InChI is InChI=1S/C29H36N2/c1-21-8-10-22(11-9-21)16-31-17-24(25-6-4-5-7-26(25)31)15-30-29-14-23-12-27(2,19-29)18-28(3,13-23)20-29/h4-11,17,23,30H,12-16,18-20H2,1-3H3/t23?,27-,28+,29?. The van der Waals surface area contributed by atoms with Crippen molar-refractivity contribution < 1.29 is 0 Å². The first-order chi connectivity index (χ1) is 14.8. The van der Waals surface area contributed by atoms with Crippen LogP contribution in [0.3, 0.4) is 0 Å². The Labute approximate surface area is 187 Å². The summed E-state index contributed by atoms with van der Waals surface area (Å²) in [6.45, 7) is 9.22. The van der Waals surface area contributed by atoms with Crippen molar-refractivity contribution in [1.82, 2.24) is 9.88 Å². The van der Waals surface area contributed by atoms with Gasteiger partial charge >= 0.3 is 0 Å². The van der Waals surface area contributed by atoms with Crippen LogP contribution in [0.25, 0.3) is 10.9 Å². The molecule has 3 aromatic rings.